The van der Waals surface area contributed by atoms with Gasteiger partial charge in [0, 0.05) is 37.3 Å². The van der Waals surface area contributed by atoms with Gasteiger partial charge in [-0.1, -0.05) is 17.7 Å². The molecule has 1 fully saturated rings. The average Bonchev–Trinajstić information content (AvgIpc) is 3.16. The number of benzene rings is 2. The number of fused-ring (bicyclic) bond motifs is 1. The van der Waals surface area contributed by atoms with Gasteiger partial charge < -0.3 is 14.2 Å². The minimum atomic E-state index is -0.0489. The van der Waals surface area contributed by atoms with Crippen LogP contribution in [0.25, 0.3) is 11.1 Å². The number of aromatic nitrogens is 1. The number of oxazole rings is 1. The van der Waals surface area contributed by atoms with Gasteiger partial charge in [0.1, 0.15) is 5.52 Å². The summed E-state index contributed by atoms with van der Waals surface area (Å²) in [6, 6.07) is 11.2. The summed E-state index contributed by atoms with van der Waals surface area (Å²) in [6.07, 6.45) is 1.37. The van der Waals surface area contributed by atoms with E-state index in [1.807, 2.05) is 36.9 Å². The van der Waals surface area contributed by atoms with Crippen LogP contribution in [0.2, 0.25) is 0 Å². The minimum absolute atomic E-state index is 0.0337. The van der Waals surface area contributed by atoms with Crippen LogP contribution in [0.5, 0.6) is 0 Å². The van der Waals surface area contributed by atoms with E-state index in [2.05, 4.69) is 4.98 Å². The molecule has 27 heavy (non-hydrogen) atoms. The molecule has 138 valence electrons. The lowest BCUT2D eigenvalue weighted by Crippen LogP contribution is -2.50. The smallest absolute Gasteiger partial charge is 0.254 e. The Labute approximate surface area is 157 Å². The Bertz CT molecular complexity index is 1020. The van der Waals surface area contributed by atoms with E-state index < -0.39 is 0 Å². The first kappa shape index (κ1) is 17.3. The zero-order chi connectivity index (χ0) is 19.0. The third kappa shape index (κ3) is 3.30. The molecule has 0 N–H and O–H groups in total. The van der Waals surface area contributed by atoms with E-state index in [9.17, 15) is 9.59 Å². The second-order valence-electron chi connectivity index (χ2n) is 6.94. The molecule has 1 aromatic heterocycles. The summed E-state index contributed by atoms with van der Waals surface area (Å²) in [5, 5.41) is 0. The Morgan fingerprint density at radius 2 is 1.63 bits per heavy atom. The highest BCUT2D eigenvalue weighted by atomic mass is 16.3. The van der Waals surface area contributed by atoms with Crippen LogP contribution in [-0.2, 0) is 0 Å². The van der Waals surface area contributed by atoms with Gasteiger partial charge in [-0.2, -0.15) is 0 Å². The number of nitrogens with zero attached hydrogens (tertiary/aromatic N) is 3. The number of hydrogen-bond acceptors (Lipinski definition) is 4. The van der Waals surface area contributed by atoms with Crippen molar-refractivity contribution in [3.63, 3.8) is 0 Å². The van der Waals surface area contributed by atoms with Crippen molar-refractivity contribution in [2.24, 2.45) is 0 Å². The Balaban J connectivity index is 1.44. The second-order valence-corrected chi connectivity index (χ2v) is 6.94. The Kier molecular flexibility index (Phi) is 4.39. The van der Waals surface area contributed by atoms with Crippen LogP contribution in [0.1, 0.15) is 31.8 Å². The largest absolute Gasteiger partial charge is 0.443 e. The second kappa shape index (κ2) is 6.87. The number of carbonyl (C=O) groups is 2. The molecule has 1 saturated heterocycles. The summed E-state index contributed by atoms with van der Waals surface area (Å²) < 4.78 is 5.28. The molecule has 2 aromatic carbocycles. The molecule has 2 amide bonds. The molecule has 6 heteroatoms. The molecule has 3 aromatic rings. The number of piperazine rings is 1. The van der Waals surface area contributed by atoms with Crippen LogP contribution in [0.3, 0.4) is 0 Å². The number of carbonyl (C=O) groups excluding carboxylic acids is 2. The minimum Gasteiger partial charge on any atom is -0.443 e. The lowest BCUT2D eigenvalue weighted by Gasteiger charge is -2.35. The summed E-state index contributed by atoms with van der Waals surface area (Å²) in [4.78, 5) is 33.3. The first-order valence-electron chi connectivity index (χ1n) is 9.02. The van der Waals surface area contributed by atoms with Gasteiger partial charge in [-0.3, -0.25) is 9.59 Å². The molecule has 2 heterocycles. The first-order valence-corrected chi connectivity index (χ1v) is 9.02. The van der Waals surface area contributed by atoms with Crippen LogP contribution in [0.4, 0.5) is 0 Å². The Morgan fingerprint density at radius 3 is 2.37 bits per heavy atom. The molecule has 0 unspecified atom stereocenters. The summed E-state index contributed by atoms with van der Waals surface area (Å²) in [7, 11) is 0. The van der Waals surface area contributed by atoms with Gasteiger partial charge in [-0.25, -0.2) is 4.98 Å². The van der Waals surface area contributed by atoms with Crippen molar-refractivity contribution in [3.8, 4) is 0 Å². The molecule has 0 saturated carbocycles. The maximum atomic E-state index is 12.8. The highest BCUT2D eigenvalue weighted by Crippen LogP contribution is 2.18. The fourth-order valence-electron chi connectivity index (χ4n) is 3.42. The zero-order valence-corrected chi connectivity index (χ0v) is 15.4. The van der Waals surface area contributed by atoms with Crippen molar-refractivity contribution in [2.45, 2.75) is 13.8 Å². The van der Waals surface area contributed by atoms with Gasteiger partial charge in [-0.05, 0) is 43.7 Å². The number of hydrogen-bond donors (Lipinski definition) is 0. The van der Waals surface area contributed by atoms with Crippen LogP contribution < -0.4 is 0 Å². The molecule has 0 aliphatic carbocycles. The van der Waals surface area contributed by atoms with E-state index in [0.29, 0.717) is 37.3 Å². The van der Waals surface area contributed by atoms with Crippen molar-refractivity contribution in [1.82, 2.24) is 14.8 Å². The number of amides is 2. The van der Waals surface area contributed by atoms with Crippen molar-refractivity contribution in [2.75, 3.05) is 26.2 Å². The molecular weight excluding hydrogens is 342 g/mol. The van der Waals surface area contributed by atoms with Crippen molar-refractivity contribution >= 4 is 22.9 Å². The lowest BCUT2D eigenvalue weighted by molar-refractivity contribution is 0.0535. The van der Waals surface area contributed by atoms with E-state index in [1.165, 1.54) is 6.39 Å². The summed E-state index contributed by atoms with van der Waals surface area (Å²) in [6.45, 7) is 6.03. The quantitative estimate of drug-likeness (QED) is 0.702. The van der Waals surface area contributed by atoms with E-state index in [0.717, 1.165) is 22.2 Å². The topological polar surface area (TPSA) is 66.7 Å². The van der Waals surface area contributed by atoms with Crippen LogP contribution in [0, 0.1) is 13.8 Å². The van der Waals surface area contributed by atoms with Gasteiger partial charge in [0.15, 0.2) is 12.0 Å². The SMILES string of the molecule is Cc1ccc(C)c(C(=O)N2CCN(C(=O)c3ccc4ncoc4c3)CC2)c1. The zero-order valence-electron chi connectivity index (χ0n) is 15.4. The van der Waals surface area contributed by atoms with Gasteiger partial charge in [0.05, 0.1) is 0 Å². The fraction of sp³-hybridized carbons (Fsp3) is 0.286. The predicted molar refractivity (Wildman–Crippen MR) is 102 cm³/mol. The molecule has 6 nitrogen and oxygen atoms in total. The monoisotopic (exact) mass is 363 g/mol. The van der Waals surface area contributed by atoms with E-state index in [-0.39, 0.29) is 11.8 Å². The summed E-state index contributed by atoms with van der Waals surface area (Å²) in [5.41, 5.74) is 4.70. The van der Waals surface area contributed by atoms with Crippen LogP contribution in [-0.4, -0.2) is 52.8 Å². The van der Waals surface area contributed by atoms with Gasteiger partial charge >= 0.3 is 0 Å². The summed E-state index contributed by atoms with van der Waals surface area (Å²) >= 11 is 0. The van der Waals surface area contributed by atoms with Gasteiger partial charge in [-0.15, -0.1) is 0 Å². The van der Waals surface area contributed by atoms with Gasteiger partial charge in [0.25, 0.3) is 11.8 Å². The maximum absolute atomic E-state index is 12.8. The third-order valence-electron chi connectivity index (χ3n) is 5.06. The van der Waals surface area contributed by atoms with Crippen LogP contribution >= 0.6 is 0 Å². The summed E-state index contributed by atoms with van der Waals surface area (Å²) in [5.74, 6) is -0.0153. The Morgan fingerprint density at radius 1 is 0.926 bits per heavy atom. The number of rotatable bonds is 2. The standard InChI is InChI=1S/C21H21N3O3/c1-14-3-4-15(2)17(11-14)21(26)24-9-7-23(8-10-24)20(25)16-5-6-18-19(12-16)27-13-22-18/h3-6,11-13H,7-10H2,1-2H3. The molecule has 0 radical (unpaired) electrons. The van der Waals surface area contributed by atoms with E-state index >= 15 is 0 Å². The highest BCUT2D eigenvalue weighted by Gasteiger charge is 2.26. The average molecular weight is 363 g/mol. The Hall–Kier alpha value is -3.15. The fourth-order valence-corrected chi connectivity index (χ4v) is 3.42. The molecule has 1 aliphatic heterocycles. The lowest BCUT2D eigenvalue weighted by atomic mass is 10.0. The number of aryl methyl sites for hydroxylation is 2. The van der Waals surface area contributed by atoms with Gasteiger partial charge in [0.2, 0.25) is 0 Å². The van der Waals surface area contributed by atoms with E-state index in [4.69, 9.17) is 4.42 Å². The highest BCUT2D eigenvalue weighted by molar-refractivity contribution is 5.98. The predicted octanol–water partition coefficient (Wildman–Crippen LogP) is 3.04. The maximum Gasteiger partial charge on any atom is 0.254 e. The molecular formula is C21H21N3O3. The molecule has 4 rings (SSSR count). The van der Waals surface area contributed by atoms with E-state index in [1.54, 1.807) is 23.1 Å². The molecule has 0 bridgehead atoms. The van der Waals surface area contributed by atoms with Crippen molar-refractivity contribution in [3.05, 3.63) is 65.0 Å². The molecule has 0 atom stereocenters. The molecule has 1 aliphatic rings. The van der Waals surface area contributed by atoms with Crippen molar-refractivity contribution in [1.29, 1.82) is 0 Å². The van der Waals surface area contributed by atoms with Crippen molar-refractivity contribution < 1.29 is 14.0 Å². The first-order chi connectivity index (χ1) is 13.0. The normalized spacial score (nSPS) is 14.6. The third-order valence-corrected chi connectivity index (χ3v) is 5.06. The van der Waals surface area contributed by atoms with Crippen LogP contribution in [0.15, 0.2) is 47.2 Å². The molecule has 0 spiro atoms.